The van der Waals surface area contributed by atoms with Crippen LogP contribution in [-0.4, -0.2) is 9.55 Å². The van der Waals surface area contributed by atoms with Crippen LogP contribution in [0, 0.1) is 24.4 Å². The number of aryl methyl sites for hydroxylation is 1. The number of halogens is 3. The molecule has 2 rings (SSSR count). The lowest BCUT2D eigenvalue weighted by molar-refractivity contribution is 0.448. The molecule has 0 aliphatic carbocycles. The Kier molecular flexibility index (Phi) is 3.50. The normalized spacial score (nSPS) is 11.1. The van der Waals surface area contributed by atoms with Crippen molar-refractivity contribution in [2.24, 2.45) is 0 Å². The first-order chi connectivity index (χ1) is 8.88. The van der Waals surface area contributed by atoms with Crippen LogP contribution >= 0.6 is 0 Å². The molecule has 0 atom stereocenters. The number of hydrogen-bond donors (Lipinski definition) is 1. The van der Waals surface area contributed by atoms with Crippen molar-refractivity contribution in [2.75, 3.05) is 5.32 Å². The second kappa shape index (κ2) is 4.95. The maximum Gasteiger partial charge on any atom is 0.207 e. The first kappa shape index (κ1) is 13.5. The van der Waals surface area contributed by atoms with Crippen molar-refractivity contribution in [1.29, 1.82) is 0 Å². The van der Waals surface area contributed by atoms with E-state index in [1.165, 1.54) is 0 Å². The van der Waals surface area contributed by atoms with E-state index in [2.05, 4.69) is 10.3 Å². The Labute approximate surface area is 109 Å². The molecule has 1 aromatic carbocycles. The molecule has 3 nitrogen and oxygen atoms in total. The Morgan fingerprint density at radius 2 is 1.74 bits per heavy atom. The molecular formula is C13H14F3N3. The van der Waals surface area contributed by atoms with Gasteiger partial charge in [-0.15, -0.1) is 0 Å². The van der Waals surface area contributed by atoms with Gasteiger partial charge in [-0.2, -0.15) is 0 Å². The zero-order valence-electron chi connectivity index (χ0n) is 10.8. The van der Waals surface area contributed by atoms with Gasteiger partial charge in [0, 0.05) is 30.1 Å². The average Bonchev–Trinajstić information content (AvgIpc) is 2.67. The number of hydrogen-bond acceptors (Lipinski definition) is 2. The topological polar surface area (TPSA) is 29.9 Å². The van der Waals surface area contributed by atoms with E-state index in [9.17, 15) is 13.2 Å². The summed E-state index contributed by atoms with van der Waals surface area (Å²) in [5, 5.41) is 2.79. The van der Waals surface area contributed by atoms with Gasteiger partial charge in [0.25, 0.3) is 0 Å². The Hall–Kier alpha value is -1.98. The van der Waals surface area contributed by atoms with Crippen LogP contribution in [0.15, 0.2) is 18.3 Å². The van der Waals surface area contributed by atoms with Gasteiger partial charge in [-0.3, -0.25) is 0 Å². The van der Waals surface area contributed by atoms with Crippen molar-refractivity contribution in [1.82, 2.24) is 9.55 Å². The second-order valence-electron chi connectivity index (χ2n) is 4.59. The summed E-state index contributed by atoms with van der Waals surface area (Å²) in [6.07, 6.45) is 1.82. The summed E-state index contributed by atoms with van der Waals surface area (Å²) < 4.78 is 40.9. The fraction of sp³-hybridized carbons (Fsp3) is 0.308. The molecule has 0 saturated carbocycles. The lowest BCUT2D eigenvalue weighted by Gasteiger charge is -2.13. The van der Waals surface area contributed by atoms with Crippen LogP contribution < -0.4 is 5.32 Å². The SMILES string of the molecule is Cc1cn(C(C)C)c(Nc2cc(F)c(F)c(F)c2)n1. The molecule has 1 aromatic heterocycles. The van der Waals surface area contributed by atoms with Gasteiger partial charge in [-0.25, -0.2) is 18.2 Å². The Balaban J connectivity index is 2.36. The molecule has 1 heterocycles. The molecule has 0 unspecified atom stereocenters. The van der Waals surface area contributed by atoms with Gasteiger partial charge in [0.15, 0.2) is 17.5 Å². The van der Waals surface area contributed by atoms with Crippen LogP contribution in [0.1, 0.15) is 25.6 Å². The highest BCUT2D eigenvalue weighted by Crippen LogP contribution is 2.23. The number of aromatic nitrogens is 2. The highest BCUT2D eigenvalue weighted by molar-refractivity contribution is 5.54. The quantitative estimate of drug-likeness (QED) is 0.855. The lowest BCUT2D eigenvalue weighted by Crippen LogP contribution is -2.06. The first-order valence-electron chi connectivity index (χ1n) is 5.85. The molecule has 0 aliphatic heterocycles. The highest BCUT2D eigenvalue weighted by Gasteiger charge is 2.13. The molecule has 0 saturated heterocycles. The Morgan fingerprint density at radius 1 is 1.16 bits per heavy atom. The van der Waals surface area contributed by atoms with Gasteiger partial charge in [0.1, 0.15) is 0 Å². The molecule has 102 valence electrons. The third-order valence-electron chi connectivity index (χ3n) is 2.65. The highest BCUT2D eigenvalue weighted by atomic mass is 19.2. The number of nitrogens with zero attached hydrogens (tertiary/aromatic N) is 2. The van der Waals surface area contributed by atoms with Crippen LogP contribution in [0.3, 0.4) is 0 Å². The number of imidazole rings is 1. The molecule has 0 bridgehead atoms. The summed E-state index contributed by atoms with van der Waals surface area (Å²) in [5.74, 6) is -3.49. The van der Waals surface area contributed by atoms with Crippen molar-refractivity contribution in [2.45, 2.75) is 26.8 Å². The summed E-state index contributed by atoms with van der Waals surface area (Å²) in [6.45, 7) is 5.73. The van der Waals surface area contributed by atoms with Crippen LogP contribution in [0.4, 0.5) is 24.8 Å². The third kappa shape index (κ3) is 2.72. The van der Waals surface area contributed by atoms with E-state index < -0.39 is 17.5 Å². The van der Waals surface area contributed by atoms with Crippen LogP contribution in [-0.2, 0) is 0 Å². The number of anilines is 2. The molecule has 1 N–H and O–H groups in total. The molecule has 19 heavy (non-hydrogen) atoms. The summed E-state index contributed by atoms with van der Waals surface area (Å²) in [4.78, 5) is 4.22. The molecule has 0 radical (unpaired) electrons. The van der Waals surface area contributed by atoms with E-state index in [1.807, 2.05) is 31.5 Å². The fourth-order valence-electron chi connectivity index (χ4n) is 1.76. The Bertz CT molecular complexity index is 582. The Morgan fingerprint density at radius 3 is 2.26 bits per heavy atom. The predicted molar refractivity (Wildman–Crippen MR) is 66.9 cm³/mol. The molecule has 0 aliphatic rings. The molecule has 0 spiro atoms. The van der Waals surface area contributed by atoms with Gasteiger partial charge in [-0.1, -0.05) is 0 Å². The van der Waals surface area contributed by atoms with Crippen LogP contribution in [0.5, 0.6) is 0 Å². The number of benzene rings is 1. The summed E-state index contributed by atoms with van der Waals surface area (Å²) in [7, 11) is 0. The lowest BCUT2D eigenvalue weighted by atomic mass is 10.3. The van der Waals surface area contributed by atoms with Crippen molar-refractivity contribution >= 4 is 11.6 Å². The smallest absolute Gasteiger partial charge is 0.207 e. The summed E-state index contributed by atoms with van der Waals surface area (Å²) in [5.41, 5.74) is 0.892. The van der Waals surface area contributed by atoms with E-state index in [1.54, 1.807) is 0 Å². The number of rotatable bonds is 3. The summed E-state index contributed by atoms with van der Waals surface area (Å²) >= 11 is 0. The predicted octanol–water partition coefficient (Wildman–Crippen LogP) is 3.93. The maximum atomic E-state index is 13.1. The van der Waals surface area contributed by atoms with E-state index >= 15 is 0 Å². The second-order valence-corrected chi connectivity index (χ2v) is 4.59. The van der Waals surface area contributed by atoms with Gasteiger partial charge in [0.05, 0.1) is 5.69 Å². The molecule has 0 amide bonds. The van der Waals surface area contributed by atoms with E-state index in [-0.39, 0.29) is 11.7 Å². The monoisotopic (exact) mass is 269 g/mol. The molecule has 6 heteroatoms. The van der Waals surface area contributed by atoms with Crippen molar-refractivity contribution < 1.29 is 13.2 Å². The van der Waals surface area contributed by atoms with Crippen molar-refractivity contribution in [3.8, 4) is 0 Å². The minimum Gasteiger partial charge on any atom is -0.325 e. The van der Waals surface area contributed by atoms with Crippen molar-refractivity contribution in [3.63, 3.8) is 0 Å². The number of nitrogens with one attached hydrogen (secondary N) is 1. The minimum atomic E-state index is -1.48. The van der Waals surface area contributed by atoms with Crippen molar-refractivity contribution in [3.05, 3.63) is 41.5 Å². The standard InChI is InChI=1S/C13H14F3N3/c1-7(2)19-6-8(3)17-13(19)18-9-4-10(14)12(16)11(15)5-9/h4-7H,1-3H3,(H,17,18). The largest absolute Gasteiger partial charge is 0.325 e. The van der Waals surface area contributed by atoms with Gasteiger partial charge in [-0.05, 0) is 20.8 Å². The van der Waals surface area contributed by atoms with Crippen LogP contribution in [0.2, 0.25) is 0 Å². The molecular weight excluding hydrogens is 255 g/mol. The van der Waals surface area contributed by atoms with Gasteiger partial charge < -0.3 is 9.88 Å². The molecule has 2 aromatic rings. The zero-order valence-corrected chi connectivity index (χ0v) is 10.8. The minimum absolute atomic E-state index is 0.115. The third-order valence-corrected chi connectivity index (χ3v) is 2.65. The van der Waals surface area contributed by atoms with Crippen LogP contribution in [0.25, 0.3) is 0 Å². The van der Waals surface area contributed by atoms with E-state index in [4.69, 9.17) is 0 Å². The van der Waals surface area contributed by atoms with Gasteiger partial charge >= 0.3 is 0 Å². The maximum absolute atomic E-state index is 13.1. The fourth-order valence-corrected chi connectivity index (χ4v) is 1.76. The average molecular weight is 269 g/mol. The van der Waals surface area contributed by atoms with Gasteiger partial charge in [0.2, 0.25) is 5.95 Å². The summed E-state index contributed by atoms with van der Waals surface area (Å²) in [6, 6.07) is 1.93. The van der Waals surface area contributed by atoms with E-state index in [0.717, 1.165) is 17.8 Å². The van der Waals surface area contributed by atoms with E-state index in [0.29, 0.717) is 5.95 Å². The first-order valence-corrected chi connectivity index (χ1v) is 5.85. The zero-order chi connectivity index (χ0) is 14.2. The molecule has 0 fully saturated rings.